The van der Waals surface area contributed by atoms with Gasteiger partial charge in [-0.2, -0.15) is 18.3 Å². The van der Waals surface area contributed by atoms with E-state index < -0.39 is 34.9 Å². The highest BCUT2D eigenvalue weighted by Gasteiger charge is 2.31. The molecule has 0 aliphatic rings. The number of halogens is 4. The SMILES string of the molecule is CC(=O)Nc1ccc(F)c(C(=O)Nc2cc(C(F)(F)F)ccc2-n2cccn2)c1. The van der Waals surface area contributed by atoms with Crippen LogP contribution in [0.2, 0.25) is 0 Å². The van der Waals surface area contributed by atoms with E-state index >= 15 is 0 Å². The predicted molar refractivity (Wildman–Crippen MR) is 97.2 cm³/mol. The van der Waals surface area contributed by atoms with Gasteiger partial charge < -0.3 is 10.6 Å². The summed E-state index contributed by atoms with van der Waals surface area (Å²) in [5.74, 6) is -2.31. The van der Waals surface area contributed by atoms with E-state index in [1.807, 2.05) is 0 Å². The third kappa shape index (κ3) is 4.60. The molecule has 3 rings (SSSR count). The maximum Gasteiger partial charge on any atom is 0.416 e. The second-order valence-electron chi connectivity index (χ2n) is 6.01. The van der Waals surface area contributed by atoms with Gasteiger partial charge in [-0.1, -0.05) is 0 Å². The van der Waals surface area contributed by atoms with Crippen LogP contribution in [0.25, 0.3) is 5.69 Å². The van der Waals surface area contributed by atoms with E-state index in [9.17, 15) is 27.2 Å². The largest absolute Gasteiger partial charge is 0.416 e. The Labute approximate surface area is 162 Å². The van der Waals surface area contributed by atoms with Crippen molar-refractivity contribution in [3.8, 4) is 5.69 Å². The number of hydrogen-bond donors (Lipinski definition) is 2. The van der Waals surface area contributed by atoms with Crippen molar-refractivity contribution in [3.63, 3.8) is 0 Å². The van der Waals surface area contributed by atoms with Crippen LogP contribution in [0.4, 0.5) is 28.9 Å². The van der Waals surface area contributed by atoms with Gasteiger partial charge in [0, 0.05) is 25.0 Å². The molecule has 3 aromatic rings. The van der Waals surface area contributed by atoms with Crippen LogP contribution in [-0.4, -0.2) is 21.6 Å². The quantitative estimate of drug-likeness (QED) is 0.637. The predicted octanol–water partition coefficient (Wildman–Crippen LogP) is 4.24. The standard InChI is InChI=1S/C19H14F4N4O2/c1-11(28)25-13-4-5-15(20)14(10-13)18(29)26-16-9-12(19(21,22)23)3-6-17(16)27-8-2-7-24-27/h2-10H,1H3,(H,25,28)(H,26,29). The molecule has 0 unspecified atom stereocenters. The molecule has 0 atom stereocenters. The van der Waals surface area contributed by atoms with Crippen LogP contribution in [0.3, 0.4) is 0 Å². The number of rotatable bonds is 4. The first-order valence-corrected chi connectivity index (χ1v) is 8.25. The number of benzene rings is 2. The number of carbonyl (C=O) groups excluding carboxylic acids is 2. The molecule has 0 spiro atoms. The molecule has 1 heterocycles. The fourth-order valence-corrected chi connectivity index (χ4v) is 2.59. The van der Waals surface area contributed by atoms with Gasteiger partial charge in [0.2, 0.25) is 5.91 Å². The molecule has 150 valence electrons. The number of anilines is 2. The van der Waals surface area contributed by atoms with Crippen molar-refractivity contribution in [1.29, 1.82) is 0 Å². The number of alkyl halides is 3. The molecule has 0 saturated heterocycles. The Bertz CT molecular complexity index is 1060. The molecule has 2 N–H and O–H groups in total. The Hall–Kier alpha value is -3.69. The first-order chi connectivity index (χ1) is 13.6. The molecule has 0 saturated carbocycles. The Morgan fingerprint density at radius 2 is 1.83 bits per heavy atom. The average molecular weight is 406 g/mol. The minimum atomic E-state index is -4.64. The number of nitrogens with one attached hydrogen (secondary N) is 2. The zero-order valence-corrected chi connectivity index (χ0v) is 14.9. The molecule has 0 bridgehead atoms. The zero-order valence-electron chi connectivity index (χ0n) is 14.9. The summed E-state index contributed by atoms with van der Waals surface area (Å²) in [6.45, 7) is 1.24. The summed E-state index contributed by atoms with van der Waals surface area (Å²) in [6.07, 6.45) is -1.74. The number of aromatic nitrogens is 2. The van der Waals surface area contributed by atoms with Crippen LogP contribution < -0.4 is 10.6 Å². The van der Waals surface area contributed by atoms with Gasteiger partial charge in [-0.15, -0.1) is 0 Å². The second-order valence-corrected chi connectivity index (χ2v) is 6.01. The first-order valence-electron chi connectivity index (χ1n) is 8.25. The summed E-state index contributed by atoms with van der Waals surface area (Å²) in [7, 11) is 0. The molecule has 0 aliphatic carbocycles. The van der Waals surface area contributed by atoms with Gasteiger partial charge in [-0.25, -0.2) is 9.07 Å². The van der Waals surface area contributed by atoms with Gasteiger partial charge in [-0.3, -0.25) is 9.59 Å². The van der Waals surface area contributed by atoms with Gasteiger partial charge in [0.1, 0.15) is 5.82 Å². The summed E-state index contributed by atoms with van der Waals surface area (Å²) >= 11 is 0. The zero-order chi connectivity index (χ0) is 21.2. The minimum Gasteiger partial charge on any atom is -0.326 e. The van der Waals surface area contributed by atoms with Crippen molar-refractivity contribution in [2.24, 2.45) is 0 Å². The second kappa shape index (κ2) is 7.74. The van der Waals surface area contributed by atoms with E-state index in [1.165, 1.54) is 30.1 Å². The lowest BCUT2D eigenvalue weighted by atomic mass is 10.1. The smallest absolute Gasteiger partial charge is 0.326 e. The third-order valence-electron chi connectivity index (χ3n) is 3.85. The summed E-state index contributed by atoms with van der Waals surface area (Å²) in [6, 6.07) is 7.62. The fourth-order valence-electron chi connectivity index (χ4n) is 2.59. The van der Waals surface area contributed by atoms with Gasteiger partial charge in [0.25, 0.3) is 5.91 Å². The summed E-state index contributed by atoms with van der Waals surface area (Å²) < 4.78 is 54.7. The molecule has 0 aliphatic heterocycles. The van der Waals surface area contributed by atoms with E-state index in [-0.39, 0.29) is 17.1 Å². The number of carbonyl (C=O) groups is 2. The molecule has 10 heteroatoms. The van der Waals surface area contributed by atoms with Crippen molar-refractivity contribution in [2.75, 3.05) is 10.6 Å². The van der Waals surface area contributed by atoms with Crippen LogP contribution in [-0.2, 0) is 11.0 Å². The molecule has 6 nitrogen and oxygen atoms in total. The molecular weight excluding hydrogens is 392 g/mol. The van der Waals surface area contributed by atoms with Gasteiger partial charge in [0.15, 0.2) is 0 Å². The Kier molecular flexibility index (Phi) is 5.35. The van der Waals surface area contributed by atoms with Crippen LogP contribution in [0.1, 0.15) is 22.8 Å². The number of amides is 2. The number of hydrogen-bond acceptors (Lipinski definition) is 3. The van der Waals surface area contributed by atoms with Gasteiger partial charge in [-0.05, 0) is 42.5 Å². The molecule has 2 aromatic carbocycles. The third-order valence-corrected chi connectivity index (χ3v) is 3.85. The molecule has 1 aromatic heterocycles. The fraction of sp³-hybridized carbons (Fsp3) is 0.105. The minimum absolute atomic E-state index is 0.162. The van der Waals surface area contributed by atoms with E-state index in [0.29, 0.717) is 0 Å². The van der Waals surface area contributed by atoms with Gasteiger partial charge in [0.05, 0.1) is 22.5 Å². The highest BCUT2D eigenvalue weighted by atomic mass is 19.4. The highest BCUT2D eigenvalue weighted by molar-refractivity contribution is 6.06. The molecule has 29 heavy (non-hydrogen) atoms. The van der Waals surface area contributed by atoms with Crippen molar-refractivity contribution in [1.82, 2.24) is 9.78 Å². The first kappa shape index (κ1) is 20.1. The lowest BCUT2D eigenvalue weighted by molar-refractivity contribution is -0.137. The number of nitrogens with zero attached hydrogens (tertiary/aromatic N) is 2. The lowest BCUT2D eigenvalue weighted by Crippen LogP contribution is -2.17. The summed E-state index contributed by atoms with van der Waals surface area (Å²) in [5.41, 5.74) is -1.32. The molecule has 0 fully saturated rings. The Balaban J connectivity index is 2.00. The lowest BCUT2D eigenvalue weighted by Gasteiger charge is -2.15. The topological polar surface area (TPSA) is 76.0 Å². The molecule has 0 radical (unpaired) electrons. The maximum atomic E-state index is 14.1. The van der Waals surface area contributed by atoms with E-state index in [2.05, 4.69) is 15.7 Å². The van der Waals surface area contributed by atoms with Crippen molar-refractivity contribution < 1.29 is 27.2 Å². The van der Waals surface area contributed by atoms with Crippen LogP contribution >= 0.6 is 0 Å². The highest BCUT2D eigenvalue weighted by Crippen LogP contribution is 2.33. The monoisotopic (exact) mass is 406 g/mol. The normalized spacial score (nSPS) is 11.2. The van der Waals surface area contributed by atoms with E-state index in [0.717, 1.165) is 30.3 Å². The van der Waals surface area contributed by atoms with Crippen molar-refractivity contribution in [3.05, 3.63) is 71.8 Å². The van der Waals surface area contributed by atoms with Crippen LogP contribution in [0, 0.1) is 5.82 Å². The Morgan fingerprint density at radius 3 is 2.45 bits per heavy atom. The summed E-state index contributed by atoms with van der Waals surface area (Å²) in [4.78, 5) is 23.7. The van der Waals surface area contributed by atoms with Gasteiger partial charge >= 0.3 is 6.18 Å². The Morgan fingerprint density at radius 1 is 1.07 bits per heavy atom. The summed E-state index contributed by atoms with van der Waals surface area (Å²) in [5, 5.41) is 8.65. The van der Waals surface area contributed by atoms with Crippen molar-refractivity contribution in [2.45, 2.75) is 13.1 Å². The van der Waals surface area contributed by atoms with E-state index in [1.54, 1.807) is 6.07 Å². The van der Waals surface area contributed by atoms with Crippen LogP contribution in [0.5, 0.6) is 0 Å². The van der Waals surface area contributed by atoms with Crippen LogP contribution in [0.15, 0.2) is 54.9 Å². The van der Waals surface area contributed by atoms with E-state index in [4.69, 9.17) is 0 Å². The molecule has 2 amide bonds. The van der Waals surface area contributed by atoms with Crippen molar-refractivity contribution >= 4 is 23.2 Å². The molecular formula is C19H14F4N4O2. The maximum absolute atomic E-state index is 14.1. The average Bonchev–Trinajstić information content (AvgIpc) is 3.16.